The number of benzene rings is 1. The Balaban J connectivity index is 2.37. The van der Waals surface area contributed by atoms with Gasteiger partial charge in [0.25, 0.3) is 0 Å². The number of halogens is 1. The number of hydrogen-bond donors (Lipinski definition) is 0. The molecule has 66 valence electrons. The molecule has 1 aromatic carbocycles. The van der Waals surface area contributed by atoms with Crippen LogP contribution in [0.3, 0.4) is 0 Å². The summed E-state index contributed by atoms with van der Waals surface area (Å²) in [7, 11) is 0. The first kappa shape index (κ1) is 9.94. The van der Waals surface area contributed by atoms with Gasteiger partial charge < -0.3 is 0 Å². The third kappa shape index (κ3) is 3.51. The Kier molecular flexibility index (Phi) is 4.55. The Hall–Kier alpha value is -0.140. The van der Waals surface area contributed by atoms with Crippen LogP contribution in [-0.2, 0) is 0 Å². The molecular formula is C10H13ClS. The minimum atomic E-state index is 0.763. The molecule has 0 aliphatic carbocycles. The molecule has 12 heavy (non-hydrogen) atoms. The van der Waals surface area contributed by atoms with Gasteiger partial charge >= 0.3 is 0 Å². The van der Waals surface area contributed by atoms with Crippen molar-refractivity contribution >= 4 is 23.4 Å². The van der Waals surface area contributed by atoms with Crippen LogP contribution in [0.2, 0.25) is 0 Å². The maximum absolute atomic E-state index is 5.58. The van der Waals surface area contributed by atoms with E-state index in [0.29, 0.717) is 0 Å². The van der Waals surface area contributed by atoms with Crippen LogP contribution >= 0.6 is 23.4 Å². The second-order valence-electron chi connectivity index (χ2n) is 2.70. The molecule has 0 aliphatic rings. The molecular weight excluding hydrogens is 188 g/mol. The second kappa shape index (κ2) is 5.50. The predicted octanol–water partition coefficient (Wildman–Crippen LogP) is 3.72. The zero-order chi connectivity index (χ0) is 8.81. The minimum absolute atomic E-state index is 0.763. The average Bonchev–Trinajstić information content (AvgIpc) is 2.09. The summed E-state index contributed by atoms with van der Waals surface area (Å²) in [6, 6.07) is 8.61. The highest BCUT2D eigenvalue weighted by molar-refractivity contribution is 7.99. The molecule has 1 aromatic rings. The molecule has 0 unspecified atom stereocenters. The quantitative estimate of drug-likeness (QED) is 0.406. The molecule has 0 radical (unpaired) electrons. The van der Waals surface area contributed by atoms with Gasteiger partial charge in [0, 0.05) is 10.8 Å². The monoisotopic (exact) mass is 200 g/mol. The van der Waals surface area contributed by atoms with Gasteiger partial charge in [0.2, 0.25) is 0 Å². The van der Waals surface area contributed by atoms with Crippen molar-refractivity contribution in [1.82, 2.24) is 0 Å². The van der Waals surface area contributed by atoms with Crippen molar-refractivity contribution in [2.45, 2.75) is 18.2 Å². The molecule has 0 fully saturated rings. The summed E-state index contributed by atoms with van der Waals surface area (Å²) in [5.41, 5.74) is 1.32. The molecule has 0 nitrogen and oxygen atoms in total. The normalized spacial score (nSPS) is 10.2. The maximum Gasteiger partial charge on any atom is 0.0231 e. The van der Waals surface area contributed by atoms with Crippen LogP contribution in [0.15, 0.2) is 29.2 Å². The van der Waals surface area contributed by atoms with Crippen LogP contribution in [0, 0.1) is 6.92 Å². The highest BCUT2D eigenvalue weighted by atomic mass is 35.5. The van der Waals surface area contributed by atoms with E-state index in [1.54, 1.807) is 0 Å². The Morgan fingerprint density at radius 3 is 2.50 bits per heavy atom. The van der Waals surface area contributed by atoms with E-state index in [1.165, 1.54) is 10.5 Å². The van der Waals surface area contributed by atoms with Crippen molar-refractivity contribution < 1.29 is 0 Å². The molecule has 0 saturated carbocycles. The van der Waals surface area contributed by atoms with E-state index in [9.17, 15) is 0 Å². The van der Waals surface area contributed by atoms with Crippen LogP contribution in [0.4, 0.5) is 0 Å². The van der Waals surface area contributed by atoms with Gasteiger partial charge in [-0.1, -0.05) is 17.7 Å². The molecule has 2 heteroatoms. The fourth-order valence-corrected chi connectivity index (χ4v) is 2.02. The molecule has 0 amide bonds. The largest absolute Gasteiger partial charge is 0.127 e. The molecule has 0 atom stereocenters. The molecule has 0 saturated heterocycles. The summed E-state index contributed by atoms with van der Waals surface area (Å²) in [5.74, 6) is 1.88. The third-order valence-corrected chi connectivity index (χ3v) is 2.93. The van der Waals surface area contributed by atoms with Gasteiger partial charge in [0.15, 0.2) is 0 Å². The van der Waals surface area contributed by atoms with E-state index in [-0.39, 0.29) is 0 Å². The highest BCUT2D eigenvalue weighted by Crippen LogP contribution is 2.18. The number of alkyl halides is 1. The molecule has 0 N–H and O–H groups in total. The van der Waals surface area contributed by atoms with Gasteiger partial charge in [0.05, 0.1) is 0 Å². The summed E-state index contributed by atoms with van der Waals surface area (Å²) in [5, 5.41) is 0. The molecule has 0 heterocycles. The molecule has 0 bridgehead atoms. The maximum atomic E-state index is 5.58. The second-order valence-corrected chi connectivity index (χ2v) is 4.25. The Labute approximate surface area is 83.3 Å². The Morgan fingerprint density at radius 2 is 1.92 bits per heavy atom. The summed E-state index contributed by atoms with van der Waals surface area (Å²) in [6.07, 6.45) is 1.08. The van der Waals surface area contributed by atoms with Crippen molar-refractivity contribution in [2.75, 3.05) is 11.6 Å². The van der Waals surface area contributed by atoms with E-state index in [1.807, 2.05) is 11.8 Å². The van der Waals surface area contributed by atoms with E-state index < -0.39 is 0 Å². The van der Waals surface area contributed by atoms with Crippen LogP contribution in [0.1, 0.15) is 12.0 Å². The van der Waals surface area contributed by atoms with Gasteiger partial charge in [0.1, 0.15) is 0 Å². The molecule has 0 spiro atoms. The van der Waals surface area contributed by atoms with Crippen molar-refractivity contribution in [1.29, 1.82) is 0 Å². The SMILES string of the molecule is Cc1ccc(SCCCCl)cc1. The number of thioether (sulfide) groups is 1. The smallest absolute Gasteiger partial charge is 0.0231 e. The van der Waals surface area contributed by atoms with E-state index in [2.05, 4.69) is 31.2 Å². The first-order chi connectivity index (χ1) is 5.83. The lowest BCUT2D eigenvalue weighted by Gasteiger charge is -1.99. The van der Waals surface area contributed by atoms with Gasteiger partial charge in [-0.3, -0.25) is 0 Å². The summed E-state index contributed by atoms with van der Waals surface area (Å²) in [4.78, 5) is 1.34. The lowest BCUT2D eigenvalue weighted by molar-refractivity contribution is 1.11. The first-order valence-corrected chi connectivity index (χ1v) is 5.60. The lowest BCUT2D eigenvalue weighted by Crippen LogP contribution is -1.80. The van der Waals surface area contributed by atoms with E-state index in [4.69, 9.17) is 11.6 Å². The van der Waals surface area contributed by atoms with Crippen LogP contribution in [0.5, 0.6) is 0 Å². The van der Waals surface area contributed by atoms with Crippen LogP contribution < -0.4 is 0 Å². The predicted molar refractivity (Wildman–Crippen MR) is 57.2 cm³/mol. The zero-order valence-corrected chi connectivity index (χ0v) is 8.79. The first-order valence-electron chi connectivity index (χ1n) is 4.08. The van der Waals surface area contributed by atoms with Gasteiger partial charge in [-0.05, 0) is 31.2 Å². The van der Waals surface area contributed by atoms with Crippen molar-refractivity contribution in [2.24, 2.45) is 0 Å². The number of rotatable bonds is 4. The van der Waals surface area contributed by atoms with Crippen molar-refractivity contribution in [3.63, 3.8) is 0 Å². The standard InChI is InChI=1S/C10H13ClS/c1-9-3-5-10(6-4-9)12-8-2-7-11/h3-6H,2,7-8H2,1H3. The topological polar surface area (TPSA) is 0 Å². The van der Waals surface area contributed by atoms with Crippen LogP contribution in [0.25, 0.3) is 0 Å². The molecule has 1 rings (SSSR count). The average molecular weight is 201 g/mol. The minimum Gasteiger partial charge on any atom is -0.127 e. The lowest BCUT2D eigenvalue weighted by atomic mass is 10.2. The number of hydrogen-bond acceptors (Lipinski definition) is 1. The fraction of sp³-hybridized carbons (Fsp3) is 0.400. The Bertz CT molecular complexity index is 218. The molecule has 0 aromatic heterocycles. The summed E-state index contributed by atoms with van der Waals surface area (Å²) >= 11 is 7.45. The van der Waals surface area contributed by atoms with Crippen molar-refractivity contribution in [3.8, 4) is 0 Å². The van der Waals surface area contributed by atoms with E-state index in [0.717, 1.165) is 18.1 Å². The molecule has 0 aliphatic heterocycles. The van der Waals surface area contributed by atoms with Gasteiger partial charge in [-0.2, -0.15) is 0 Å². The summed E-state index contributed by atoms with van der Waals surface area (Å²) in [6.45, 7) is 2.10. The van der Waals surface area contributed by atoms with E-state index >= 15 is 0 Å². The fourth-order valence-electron chi connectivity index (χ4n) is 0.879. The van der Waals surface area contributed by atoms with Gasteiger partial charge in [-0.25, -0.2) is 0 Å². The van der Waals surface area contributed by atoms with Gasteiger partial charge in [-0.15, -0.1) is 23.4 Å². The third-order valence-electron chi connectivity index (χ3n) is 1.57. The number of aryl methyl sites for hydroxylation is 1. The highest BCUT2D eigenvalue weighted by Gasteiger charge is 1.92. The zero-order valence-electron chi connectivity index (χ0n) is 7.22. The van der Waals surface area contributed by atoms with Crippen molar-refractivity contribution in [3.05, 3.63) is 29.8 Å². The summed E-state index contributed by atoms with van der Waals surface area (Å²) < 4.78 is 0. The van der Waals surface area contributed by atoms with Crippen LogP contribution in [-0.4, -0.2) is 11.6 Å². The Morgan fingerprint density at radius 1 is 1.25 bits per heavy atom.